The lowest BCUT2D eigenvalue weighted by molar-refractivity contribution is -0.139. The van der Waals surface area contributed by atoms with Crippen molar-refractivity contribution in [2.75, 3.05) is 0 Å². The lowest BCUT2D eigenvalue weighted by Gasteiger charge is -2.15. The Bertz CT molecular complexity index is 377. The zero-order valence-electron chi connectivity index (χ0n) is 8.74. The van der Waals surface area contributed by atoms with E-state index in [4.69, 9.17) is 4.74 Å². The van der Waals surface area contributed by atoms with Crippen LogP contribution in [0.2, 0.25) is 0 Å². The minimum absolute atomic E-state index is 0.152. The third-order valence-electron chi connectivity index (χ3n) is 2.88. The molecular weight excluding hydrogens is 256 g/mol. The van der Waals surface area contributed by atoms with E-state index in [0.717, 1.165) is 11.3 Å². The van der Waals surface area contributed by atoms with E-state index >= 15 is 0 Å². The van der Waals surface area contributed by atoms with Crippen LogP contribution in [0.4, 0.5) is 0 Å². The van der Waals surface area contributed by atoms with Crippen molar-refractivity contribution in [1.82, 2.24) is 0 Å². The highest BCUT2D eigenvalue weighted by Crippen LogP contribution is 2.37. The SMILES string of the molecule is CC(Br)C(C)C1=C2C=CC=CC2C(=O)O1. The van der Waals surface area contributed by atoms with Gasteiger partial charge in [0.2, 0.25) is 0 Å². The second kappa shape index (κ2) is 3.97. The van der Waals surface area contributed by atoms with E-state index in [9.17, 15) is 4.79 Å². The van der Waals surface area contributed by atoms with E-state index < -0.39 is 0 Å². The summed E-state index contributed by atoms with van der Waals surface area (Å²) < 4.78 is 5.34. The van der Waals surface area contributed by atoms with E-state index in [2.05, 4.69) is 29.8 Å². The van der Waals surface area contributed by atoms with Crippen LogP contribution in [0, 0.1) is 11.8 Å². The van der Waals surface area contributed by atoms with Gasteiger partial charge in [-0.3, -0.25) is 4.79 Å². The second-order valence-electron chi connectivity index (χ2n) is 3.93. The van der Waals surface area contributed by atoms with Gasteiger partial charge in [-0.25, -0.2) is 0 Å². The Labute approximate surface area is 97.8 Å². The average molecular weight is 269 g/mol. The Morgan fingerprint density at radius 2 is 2.13 bits per heavy atom. The van der Waals surface area contributed by atoms with Gasteiger partial charge in [0.05, 0.1) is 0 Å². The van der Waals surface area contributed by atoms with Gasteiger partial charge < -0.3 is 4.74 Å². The summed E-state index contributed by atoms with van der Waals surface area (Å²) in [4.78, 5) is 11.9. The molecule has 0 saturated carbocycles. The summed E-state index contributed by atoms with van der Waals surface area (Å²) in [6.45, 7) is 4.12. The Morgan fingerprint density at radius 3 is 2.80 bits per heavy atom. The molecule has 0 spiro atoms. The highest BCUT2D eigenvalue weighted by Gasteiger charge is 2.36. The van der Waals surface area contributed by atoms with Gasteiger partial charge >= 0.3 is 5.97 Å². The third-order valence-corrected chi connectivity index (χ3v) is 3.67. The molecule has 0 saturated heterocycles. The molecule has 80 valence electrons. The Kier molecular flexibility index (Phi) is 2.83. The third kappa shape index (κ3) is 1.81. The smallest absolute Gasteiger partial charge is 0.322 e. The topological polar surface area (TPSA) is 26.3 Å². The predicted molar refractivity (Wildman–Crippen MR) is 62.4 cm³/mol. The van der Waals surface area contributed by atoms with Crippen LogP contribution in [0.1, 0.15) is 13.8 Å². The van der Waals surface area contributed by atoms with Crippen molar-refractivity contribution < 1.29 is 9.53 Å². The molecule has 15 heavy (non-hydrogen) atoms. The summed E-state index contributed by atoms with van der Waals surface area (Å²) in [6.07, 6.45) is 7.69. The number of hydrogen-bond donors (Lipinski definition) is 0. The minimum atomic E-state index is -0.182. The molecule has 0 aromatic rings. The lowest BCUT2D eigenvalue weighted by Crippen LogP contribution is -2.11. The monoisotopic (exact) mass is 268 g/mol. The second-order valence-corrected chi connectivity index (χ2v) is 5.37. The van der Waals surface area contributed by atoms with Gasteiger partial charge in [-0.15, -0.1) is 0 Å². The molecule has 1 aliphatic carbocycles. The molecule has 1 heterocycles. The number of hydrogen-bond acceptors (Lipinski definition) is 2. The maximum Gasteiger partial charge on any atom is 0.322 e. The quantitative estimate of drug-likeness (QED) is 0.569. The molecule has 0 bridgehead atoms. The van der Waals surface area contributed by atoms with Crippen LogP contribution in [-0.4, -0.2) is 10.8 Å². The number of rotatable bonds is 2. The van der Waals surface area contributed by atoms with Crippen LogP contribution in [0.5, 0.6) is 0 Å². The number of cyclic esters (lactones) is 1. The van der Waals surface area contributed by atoms with Crippen molar-refractivity contribution >= 4 is 21.9 Å². The summed E-state index contributed by atoms with van der Waals surface area (Å²) in [5.74, 6) is 0.694. The summed E-state index contributed by atoms with van der Waals surface area (Å²) in [6, 6.07) is 0. The lowest BCUT2D eigenvalue weighted by atomic mass is 9.92. The van der Waals surface area contributed by atoms with Crippen LogP contribution in [0.3, 0.4) is 0 Å². The number of carbonyl (C=O) groups is 1. The molecule has 2 nitrogen and oxygen atoms in total. The summed E-state index contributed by atoms with van der Waals surface area (Å²) in [5.41, 5.74) is 1.02. The number of carbonyl (C=O) groups excluding carboxylic acids is 1. The molecule has 0 aromatic carbocycles. The first-order valence-electron chi connectivity index (χ1n) is 5.06. The largest absolute Gasteiger partial charge is 0.430 e. The molecule has 1 aliphatic heterocycles. The van der Waals surface area contributed by atoms with Crippen LogP contribution in [-0.2, 0) is 9.53 Å². The molecule has 3 atom stereocenters. The van der Waals surface area contributed by atoms with Gasteiger partial charge in [-0.05, 0) is 0 Å². The Hall–Kier alpha value is -0.830. The zero-order valence-corrected chi connectivity index (χ0v) is 10.3. The Morgan fingerprint density at radius 1 is 1.40 bits per heavy atom. The standard InChI is InChI=1S/C12H13BrO2/c1-7(8(2)13)11-9-5-3-4-6-10(9)12(14)15-11/h3-8,10H,1-2H3. The van der Waals surface area contributed by atoms with E-state index in [-0.39, 0.29) is 17.8 Å². The van der Waals surface area contributed by atoms with Crippen molar-refractivity contribution in [3.8, 4) is 0 Å². The number of ether oxygens (including phenoxy) is 1. The van der Waals surface area contributed by atoms with Gasteiger partial charge in [0.1, 0.15) is 11.7 Å². The van der Waals surface area contributed by atoms with Crippen LogP contribution in [0.15, 0.2) is 35.6 Å². The molecule has 0 aromatic heterocycles. The maximum absolute atomic E-state index is 11.6. The van der Waals surface area contributed by atoms with Crippen molar-refractivity contribution in [3.05, 3.63) is 35.6 Å². The summed E-state index contributed by atoms with van der Waals surface area (Å²) >= 11 is 3.52. The Balaban J connectivity index is 2.36. The summed E-state index contributed by atoms with van der Waals surface area (Å²) in [7, 11) is 0. The molecule has 2 rings (SSSR count). The van der Waals surface area contributed by atoms with E-state index in [0.29, 0.717) is 4.83 Å². The van der Waals surface area contributed by atoms with Crippen LogP contribution in [0.25, 0.3) is 0 Å². The number of esters is 1. The maximum atomic E-state index is 11.6. The van der Waals surface area contributed by atoms with Crippen molar-refractivity contribution in [2.24, 2.45) is 11.8 Å². The molecule has 2 aliphatic rings. The van der Waals surface area contributed by atoms with Crippen molar-refractivity contribution in [1.29, 1.82) is 0 Å². The average Bonchev–Trinajstić information content (AvgIpc) is 2.56. The summed E-state index contributed by atoms with van der Waals surface area (Å²) in [5, 5.41) is 0. The fourth-order valence-corrected chi connectivity index (χ4v) is 2.02. The fourth-order valence-electron chi connectivity index (χ4n) is 1.78. The minimum Gasteiger partial charge on any atom is -0.430 e. The highest BCUT2D eigenvalue weighted by molar-refractivity contribution is 9.09. The number of fused-ring (bicyclic) bond motifs is 1. The van der Waals surface area contributed by atoms with E-state index in [1.807, 2.05) is 24.3 Å². The first-order chi connectivity index (χ1) is 7.11. The number of halogens is 1. The fraction of sp³-hybridized carbons (Fsp3) is 0.417. The first kappa shape index (κ1) is 10.7. The molecule has 0 amide bonds. The van der Waals surface area contributed by atoms with Gasteiger partial charge in [-0.1, -0.05) is 54.1 Å². The molecule has 0 N–H and O–H groups in total. The van der Waals surface area contributed by atoms with Gasteiger partial charge in [0, 0.05) is 16.3 Å². The van der Waals surface area contributed by atoms with Gasteiger partial charge in [-0.2, -0.15) is 0 Å². The molecule has 3 heteroatoms. The van der Waals surface area contributed by atoms with E-state index in [1.165, 1.54) is 0 Å². The highest BCUT2D eigenvalue weighted by atomic mass is 79.9. The van der Waals surface area contributed by atoms with E-state index in [1.54, 1.807) is 0 Å². The number of alkyl halides is 1. The molecular formula is C12H13BrO2. The molecule has 0 fully saturated rings. The molecule has 3 unspecified atom stereocenters. The first-order valence-corrected chi connectivity index (χ1v) is 5.97. The van der Waals surface area contributed by atoms with Gasteiger partial charge in [0.15, 0.2) is 0 Å². The normalized spacial score (nSPS) is 27.7. The molecule has 0 radical (unpaired) electrons. The zero-order chi connectivity index (χ0) is 11.0. The van der Waals surface area contributed by atoms with Gasteiger partial charge in [0.25, 0.3) is 0 Å². The predicted octanol–water partition coefficient (Wildman–Crippen LogP) is 2.96. The number of allylic oxidation sites excluding steroid dienone is 4. The van der Waals surface area contributed by atoms with Crippen molar-refractivity contribution in [2.45, 2.75) is 18.7 Å². The van der Waals surface area contributed by atoms with Crippen LogP contribution < -0.4 is 0 Å². The van der Waals surface area contributed by atoms with Crippen molar-refractivity contribution in [3.63, 3.8) is 0 Å². The van der Waals surface area contributed by atoms with Crippen LogP contribution >= 0.6 is 15.9 Å².